The van der Waals surface area contributed by atoms with E-state index in [9.17, 15) is 5.11 Å². The van der Waals surface area contributed by atoms with Crippen molar-refractivity contribution in [2.24, 2.45) is 0 Å². The maximum Gasteiger partial charge on any atom is 0.414 e. The van der Waals surface area contributed by atoms with E-state index in [1.807, 2.05) is 31.2 Å². The first kappa shape index (κ1) is 22.9. The number of para-hydroxylation sites is 1. The zero-order chi connectivity index (χ0) is 20.2. The van der Waals surface area contributed by atoms with Crippen molar-refractivity contribution in [3.8, 4) is 5.75 Å². The maximum absolute atomic E-state index is 10.00. The van der Waals surface area contributed by atoms with Crippen molar-refractivity contribution < 1.29 is 29.6 Å². The van der Waals surface area contributed by atoms with Crippen molar-refractivity contribution in [3.63, 3.8) is 0 Å². The molecule has 0 aromatic heterocycles. The number of rotatable bonds is 8. The van der Waals surface area contributed by atoms with E-state index in [1.165, 1.54) is 19.4 Å². The van der Waals surface area contributed by atoms with Crippen LogP contribution in [-0.2, 0) is 9.59 Å². The van der Waals surface area contributed by atoms with Crippen LogP contribution < -0.4 is 10.1 Å². The van der Waals surface area contributed by atoms with Crippen LogP contribution in [0.2, 0.25) is 0 Å². The van der Waals surface area contributed by atoms with Gasteiger partial charge in [-0.15, -0.1) is 0 Å². The second-order valence-corrected chi connectivity index (χ2v) is 6.42. The number of aliphatic hydroxyl groups is 1. The van der Waals surface area contributed by atoms with Gasteiger partial charge in [0.2, 0.25) is 0 Å². The van der Waals surface area contributed by atoms with Gasteiger partial charge in [-0.25, -0.2) is 9.59 Å². The largest absolute Gasteiger partial charge is 0.491 e. The number of carboxylic acids is 2. The minimum atomic E-state index is -1.82. The topological polar surface area (TPSA) is 119 Å². The van der Waals surface area contributed by atoms with Crippen LogP contribution in [0.15, 0.2) is 24.3 Å². The van der Waals surface area contributed by atoms with Gasteiger partial charge in [0.15, 0.2) is 0 Å². The number of benzene rings is 1. The van der Waals surface area contributed by atoms with Gasteiger partial charge in [0, 0.05) is 19.1 Å². The minimum Gasteiger partial charge on any atom is -0.491 e. The highest BCUT2D eigenvalue weighted by atomic mass is 16.5. The molecule has 1 aromatic rings. The summed E-state index contributed by atoms with van der Waals surface area (Å²) < 4.78 is 5.66. The molecule has 1 aliphatic rings. The molecule has 4 N–H and O–H groups in total. The van der Waals surface area contributed by atoms with Gasteiger partial charge in [0.05, 0.1) is 0 Å². The Morgan fingerprint density at radius 1 is 1.30 bits per heavy atom. The van der Waals surface area contributed by atoms with E-state index < -0.39 is 18.0 Å². The third-order valence-corrected chi connectivity index (χ3v) is 4.37. The number of nitrogens with one attached hydrogen (secondary N) is 1. The molecule has 1 aromatic carbocycles. The number of likely N-dealkylation sites (N-methyl/N-ethyl adjacent to an activating group) is 1. The number of hydrogen-bond donors (Lipinski definition) is 4. The fourth-order valence-corrected chi connectivity index (χ4v) is 2.92. The summed E-state index contributed by atoms with van der Waals surface area (Å²) in [4.78, 5) is 20.7. The minimum absolute atomic E-state index is 0.333. The first-order chi connectivity index (χ1) is 12.8. The third-order valence-electron chi connectivity index (χ3n) is 4.37. The Hall–Kier alpha value is -2.16. The van der Waals surface area contributed by atoms with Crippen molar-refractivity contribution in [1.82, 2.24) is 10.2 Å². The van der Waals surface area contributed by atoms with E-state index in [4.69, 9.17) is 24.5 Å². The number of aliphatic hydroxyl groups excluding tert-OH is 1. The second-order valence-electron chi connectivity index (χ2n) is 6.42. The van der Waals surface area contributed by atoms with E-state index >= 15 is 0 Å². The number of nitrogens with zero attached hydrogens (tertiary/aromatic N) is 1. The van der Waals surface area contributed by atoms with E-state index in [1.54, 1.807) is 0 Å². The Bertz CT molecular complexity index is 583. The summed E-state index contributed by atoms with van der Waals surface area (Å²) in [6, 6.07) is 8.51. The fraction of sp³-hybridized carbons (Fsp3) is 0.579. The number of carboxylic acid groups (broad SMARTS) is 2. The normalized spacial score (nSPS) is 17.7. The van der Waals surface area contributed by atoms with E-state index in [0.29, 0.717) is 19.2 Å². The van der Waals surface area contributed by atoms with Crippen molar-refractivity contribution in [3.05, 3.63) is 29.8 Å². The monoisotopic (exact) mass is 382 g/mol. The van der Waals surface area contributed by atoms with E-state index in [0.717, 1.165) is 24.4 Å². The predicted molar refractivity (Wildman–Crippen MR) is 101 cm³/mol. The number of likely N-dealkylation sites (tertiary alicyclic amines) is 1. The Labute approximate surface area is 159 Å². The van der Waals surface area contributed by atoms with Crippen LogP contribution in [0.1, 0.15) is 25.3 Å². The van der Waals surface area contributed by atoms with Crippen LogP contribution in [0.5, 0.6) is 5.75 Å². The van der Waals surface area contributed by atoms with Gasteiger partial charge in [-0.1, -0.05) is 25.1 Å². The summed E-state index contributed by atoms with van der Waals surface area (Å²) >= 11 is 0. The van der Waals surface area contributed by atoms with E-state index in [2.05, 4.69) is 17.1 Å². The summed E-state index contributed by atoms with van der Waals surface area (Å²) in [5.41, 5.74) is 1.10. The summed E-state index contributed by atoms with van der Waals surface area (Å²) in [6.07, 6.45) is 2.08. The fourth-order valence-electron chi connectivity index (χ4n) is 2.92. The molecule has 8 nitrogen and oxygen atoms in total. The number of ether oxygens (including phenoxy) is 1. The first-order valence-electron chi connectivity index (χ1n) is 9.12. The lowest BCUT2D eigenvalue weighted by Crippen LogP contribution is -2.41. The zero-order valence-electron chi connectivity index (χ0n) is 15.9. The average molecular weight is 382 g/mol. The van der Waals surface area contributed by atoms with Crippen LogP contribution in [0.25, 0.3) is 0 Å². The Morgan fingerprint density at radius 3 is 2.56 bits per heavy atom. The molecular weight excluding hydrogens is 352 g/mol. The van der Waals surface area contributed by atoms with Crippen molar-refractivity contribution in [2.45, 2.75) is 38.8 Å². The highest BCUT2D eigenvalue weighted by Gasteiger charge is 2.22. The van der Waals surface area contributed by atoms with E-state index in [-0.39, 0.29) is 0 Å². The molecule has 0 spiro atoms. The summed E-state index contributed by atoms with van der Waals surface area (Å²) in [5, 5.41) is 28.2. The molecule has 2 atom stereocenters. The van der Waals surface area contributed by atoms with Crippen LogP contribution in [0.4, 0.5) is 0 Å². The molecule has 152 valence electrons. The number of aliphatic carboxylic acids is 2. The van der Waals surface area contributed by atoms with Gasteiger partial charge in [0.1, 0.15) is 18.5 Å². The lowest BCUT2D eigenvalue weighted by molar-refractivity contribution is -0.159. The summed E-state index contributed by atoms with van der Waals surface area (Å²) in [6.45, 7) is 8.42. The molecule has 2 unspecified atom stereocenters. The Morgan fingerprint density at radius 2 is 1.96 bits per heavy atom. The molecule has 0 aliphatic carbocycles. The average Bonchev–Trinajstić information content (AvgIpc) is 3.09. The molecular formula is C19H30N2O6. The van der Waals surface area contributed by atoms with Crippen molar-refractivity contribution in [1.29, 1.82) is 0 Å². The zero-order valence-corrected chi connectivity index (χ0v) is 15.9. The molecule has 0 radical (unpaired) electrons. The number of carbonyl (C=O) groups is 2. The molecule has 1 saturated heterocycles. The molecule has 8 heteroatoms. The molecule has 2 rings (SSSR count). The lowest BCUT2D eigenvalue weighted by Gasteiger charge is -2.23. The van der Waals surface area contributed by atoms with Gasteiger partial charge in [0.25, 0.3) is 0 Å². The third kappa shape index (κ3) is 8.85. The summed E-state index contributed by atoms with van der Waals surface area (Å²) in [5.74, 6) is -2.80. The van der Waals surface area contributed by atoms with Crippen LogP contribution in [-0.4, -0.2) is 77.1 Å². The number of hydrogen-bond acceptors (Lipinski definition) is 6. The number of aryl methyl sites for hydroxylation is 1. The maximum atomic E-state index is 10.00. The highest BCUT2D eigenvalue weighted by Crippen LogP contribution is 2.17. The van der Waals surface area contributed by atoms with Crippen LogP contribution >= 0.6 is 0 Å². The van der Waals surface area contributed by atoms with Crippen molar-refractivity contribution in [2.75, 3.05) is 32.8 Å². The lowest BCUT2D eigenvalue weighted by atomic mass is 10.2. The molecule has 0 amide bonds. The van der Waals surface area contributed by atoms with Crippen molar-refractivity contribution >= 4 is 11.9 Å². The van der Waals surface area contributed by atoms with Gasteiger partial charge >= 0.3 is 11.9 Å². The molecule has 0 saturated carbocycles. The molecule has 1 heterocycles. The van der Waals surface area contributed by atoms with Gasteiger partial charge in [-0.2, -0.15) is 0 Å². The second kappa shape index (κ2) is 12.3. The van der Waals surface area contributed by atoms with Gasteiger partial charge in [-0.3, -0.25) is 4.90 Å². The first-order valence-corrected chi connectivity index (χ1v) is 9.12. The molecule has 1 aliphatic heterocycles. The quantitative estimate of drug-likeness (QED) is 0.491. The summed E-state index contributed by atoms with van der Waals surface area (Å²) in [7, 11) is 0. The Balaban J connectivity index is 0.000000527. The highest BCUT2D eigenvalue weighted by molar-refractivity contribution is 6.27. The predicted octanol–water partition coefficient (Wildman–Crippen LogP) is 0.964. The van der Waals surface area contributed by atoms with Gasteiger partial charge in [-0.05, 0) is 44.5 Å². The SMILES string of the molecule is CCN1CCCC1CNCC(O)COc1ccccc1C.O=C(O)C(=O)O. The van der Waals surface area contributed by atoms with Crippen LogP contribution in [0, 0.1) is 6.92 Å². The van der Waals surface area contributed by atoms with Crippen LogP contribution in [0.3, 0.4) is 0 Å². The molecule has 1 fully saturated rings. The molecule has 0 bridgehead atoms. The molecule has 27 heavy (non-hydrogen) atoms. The standard InChI is InChI=1S/C17H28N2O2.C2H2O4/c1-3-19-10-6-8-15(19)11-18-12-16(20)13-21-17-9-5-4-7-14(17)2;3-1(4)2(5)6/h4-5,7,9,15-16,18,20H,3,6,8,10-13H2,1-2H3;(H,3,4)(H,5,6). The van der Waals surface area contributed by atoms with Gasteiger partial charge < -0.3 is 25.4 Å². The smallest absolute Gasteiger partial charge is 0.414 e. The Kier molecular flexibility index (Phi) is 10.4.